The van der Waals surface area contributed by atoms with Gasteiger partial charge in [-0.1, -0.05) is 43.3 Å². The Morgan fingerprint density at radius 2 is 1.76 bits per heavy atom. The minimum atomic E-state index is -0.615. The van der Waals surface area contributed by atoms with Crippen molar-refractivity contribution in [2.45, 2.75) is 20.0 Å². The predicted molar refractivity (Wildman–Crippen MR) is 119 cm³/mol. The number of nitrogens with zero attached hydrogens (tertiary/aromatic N) is 4. The van der Waals surface area contributed by atoms with Crippen molar-refractivity contribution in [3.63, 3.8) is 0 Å². The molecule has 9 nitrogen and oxygen atoms in total. The molecule has 0 saturated carbocycles. The van der Waals surface area contributed by atoms with Crippen LogP contribution in [0.3, 0.4) is 0 Å². The van der Waals surface area contributed by atoms with Crippen LogP contribution in [-0.4, -0.2) is 25.7 Å². The number of para-hydroxylation sites is 1. The molecule has 9 heteroatoms. The van der Waals surface area contributed by atoms with E-state index in [1.165, 1.54) is 12.1 Å². The minimum Gasteiger partial charge on any atom is -0.457 e. The Hall–Kier alpha value is -4.53. The largest absolute Gasteiger partial charge is 0.457 e. The number of nitro benzene ring substituents is 1. The summed E-state index contributed by atoms with van der Waals surface area (Å²) in [5.41, 5.74) is 1.51. The molecule has 0 saturated heterocycles. The first kappa shape index (κ1) is 21.7. The number of hydrogen-bond donors (Lipinski definition) is 0. The molecule has 1 heterocycles. The summed E-state index contributed by atoms with van der Waals surface area (Å²) in [5.74, 6) is 0.907. The van der Waals surface area contributed by atoms with Crippen molar-refractivity contribution < 1.29 is 19.2 Å². The van der Waals surface area contributed by atoms with Crippen LogP contribution in [0, 0.1) is 10.1 Å². The van der Waals surface area contributed by atoms with Crippen LogP contribution in [0.2, 0.25) is 0 Å². The molecule has 0 spiro atoms. The number of aromatic nitrogens is 3. The summed E-state index contributed by atoms with van der Waals surface area (Å²) in [6.45, 7) is 1.98. The lowest BCUT2D eigenvalue weighted by Crippen LogP contribution is -2.08. The Bertz CT molecular complexity index is 1270. The van der Waals surface area contributed by atoms with Crippen LogP contribution in [0.25, 0.3) is 5.69 Å². The lowest BCUT2D eigenvalue weighted by atomic mass is 10.2. The van der Waals surface area contributed by atoms with Gasteiger partial charge in [0.05, 0.1) is 16.7 Å². The molecule has 0 N–H and O–H groups in total. The van der Waals surface area contributed by atoms with Crippen molar-refractivity contribution in [2.24, 2.45) is 0 Å². The fourth-order valence-electron chi connectivity index (χ4n) is 3.10. The highest BCUT2D eigenvalue weighted by Crippen LogP contribution is 2.25. The number of hydrogen-bond acceptors (Lipinski definition) is 7. The lowest BCUT2D eigenvalue weighted by Gasteiger charge is -2.07. The molecule has 3 aromatic carbocycles. The van der Waals surface area contributed by atoms with Gasteiger partial charge in [0.25, 0.3) is 11.5 Å². The van der Waals surface area contributed by atoms with Crippen LogP contribution in [0.5, 0.6) is 11.5 Å². The van der Waals surface area contributed by atoms with Crippen molar-refractivity contribution in [3.05, 3.63) is 106 Å². The van der Waals surface area contributed by atoms with Gasteiger partial charge in [-0.25, -0.2) is 14.5 Å². The second-order valence-electron chi connectivity index (χ2n) is 7.03. The SMILES string of the molecule is CCc1nc(C(=O)OCc2ccc(Oc3cccc([N+](=O)[O-])c3)cc2)nn1-c1ccccc1. The Morgan fingerprint density at radius 1 is 1.00 bits per heavy atom. The number of aryl methyl sites for hydroxylation is 1. The number of carbonyl (C=O) groups is 1. The second kappa shape index (κ2) is 9.73. The molecule has 1 aromatic heterocycles. The third-order valence-corrected chi connectivity index (χ3v) is 4.73. The van der Waals surface area contributed by atoms with E-state index in [1.54, 1.807) is 41.1 Å². The Balaban J connectivity index is 1.38. The molecule has 0 atom stereocenters. The quantitative estimate of drug-likeness (QED) is 0.216. The molecule has 4 aromatic rings. The van der Waals surface area contributed by atoms with E-state index in [-0.39, 0.29) is 18.1 Å². The van der Waals surface area contributed by atoms with Gasteiger partial charge in [0.15, 0.2) is 0 Å². The highest BCUT2D eigenvalue weighted by atomic mass is 16.6. The van der Waals surface area contributed by atoms with Crippen molar-refractivity contribution in [1.29, 1.82) is 0 Å². The third kappa shape index (κ3) is 5.21. The molecule has 33 heavy (non-hydrogen) atoms. The average Bonchev–Trinajstić information content (AvgIpc) is 3.29. The molecule has 0 bridgehead atoms. The summed E-state index contributed by atoms with van der Waals surface area (Å²) in [6.07, 6.45) is 0.612. The third-order valence-electron chi connectivity index (χ3n) is 4.73. The van der Waals surface area contributed by atoms with Gasteiger partial charge >= 0.3 is 5.97 Å². The molecule has 4 rings (SSSR count). The van der Waals surface area contributed by atoms with Gasteiger partial charge in [0, 0.05) is 12.5 Å². The maximum Gasteiger partial charge on any atom is 0.378 e. The summed E-state index contributed by atoms with van der Waals surface area (Å²) in [7, 11) is 0. The van der Waals surface area contributed by atoms with E-state index in [0.717, 1.165) is 11.3 Å². The monoisotopic (exact) mass is 444 g/mol. The van der Waals surface area contributed by atoms with E-state index < -0.39 is 10.9 Å². The molecule has 0 aliphatic heterocycles. The number of carbonyl (C=O) groups excluding carboxylic acids is 1. The molecular weight excluding hydrogens is 424 g/mol. The first-order chi connectivity index (χ1) is 16.0. The van der Waals surface area contributed by atoms with E-state index in [4.69, 9.17) is 9.47 Å². The number of nitro groups is 1. The van der Waals surface area contributed by atoms with E-state index in [9.17, 15) is 14.9 Å². The molecule has 0 aliphatic rings. The molecule has 0 unspecified atom stereocenters. The van der Waals surface area contributed by atoms with Crippen LogP contribution < -0.4 is 4.74 Å². The van der Waals surface area contributed by atoms with Gasteiger partial charge in [-0.3, -0.25) is 10.1 Å². The number of esters is 1. The summed E-state index contributed by atoms with van der Waals surface area (Å²) in [5, 5.41) is 15.2. The van der Waals surface area contributed by atoms with Crippen LogP contribution in [0.1, 0.15) is 28.9 Å². The number of benzene rings is 3. The van der Waals surface area contributed by atoms with Crippen molar-refractivity contribution in [1.82, 2.24) is 14.8 Å². The van der Waals surface area contributed by atoms with Crippen LogP contribution >= 0.6 is 0 Å². The summed E-state index contributed by atoms with van der Waals surface area (Å²) >= 11 is 0. The Kier molecular flexibility index (Phi) is 6.40. The lowest BCUT2D eigenvalue weighted by molar-refractivity contribution is -0.384. The van der Waals surface area contributed by atoms with Crippen molar-refractivity contribution in [2.75, 3.05) is 0 Å². The van der Waals surface area contributed by atoms with Gasteiger partial charge in [-0.2, -0.15) is 0 Å². The maximum atomic E-state index is 12.5. The van der Waals surface area contributed by atoms with E-state index in [2.05, 4.69) is 10.1 Å². The molecular formula is C24H20N4O5. The molecule has 0 amide bonds. The Morgan fingerprint density at radius 3 is 2.45 bits per heavy atom. The predicted octanol–water partition coefficient (Wildman–Crippen LogP) is 4.89. The van der Waals surface area contributed by atoms with Gasteiger partial charge in [-0.05, 0) is 35.9 Å². The fraction of sp³-hybridized carbons (Fsp3) is 0.125. The van der Waals surface area contributed by atoms with Gasteiger partial charge in [0.1, 0.15) is 23.9 Å². The summed E-state index contributed by atoms with van der Waals surface area (Å²) in [6, 6.07) is 22.3. The molecule has 0 aliphatic carbocycles. The van der Waals surface area contributed by atoms with Gasteiger partial charge < -0.3 is 9.47 Å². The zero-order valence-electron chi connectivity index (χ0n) is 17.7. The van der Waals surface area contributed by atoms with Gasteiger partial charge in [-0.15, -0.1) is 5.10 Å². The van der Waals surface area contributed by atoms with Gasteiger partial charge in [0.2, 0.25) is 0 Å². The molecule has 166 valence electrons. The van der Waals surface area contributed by atoms with Crippen LogP contribution in [0.4, 0.5) is 5.69 Å². The maximum absolute atomic E-state index is 12.5. The van der Waals surface area contributed by atoms with Crippen LogP contribution in [-0.2, 0) is 17.8 Å². The smallest absolute Gasteiger partial charge is 0.378 e. The van der Waals surface area contributed by atoms with E-state index in [1.807, 2.05) is 37.3 Å². The number of ether oxygens (including phenoxy) is 2. The van der Waals surface area contributed by atoms with E-state index in [0.29, 0.717) is 23.7 Å². The standard InChI is InChI=1S/C24H20N4O5/c1-2-22-25-23(26-27(22)18-7-4-3-5-8-18)24(29)32-16-17-11-13-20(14-12-17)33-21-10-6-9-19(15-21)28(30)31/h3-15H,2,16H2,1H3. The zero-order chi connectivity index (χ0) is 23.2. The summed E-state index contributed by atoms with van der Waals surface area (Å²) < 4.78 is 12.7. The average molecular weight is 444 g/mol. The normalized spacial score (nSPS) is 10.6. The fourth-order valence-corrected chi connectivity index (χ4v) is 3.10. The zero-order valence-corrected chi connectivity index (χ0v) is 17.7. The topological polar surface area (TPSA) is 109 Å². The Labute approximate surface area is 189 Å². The molecule has 0 fully saturated rings. The first-order valence-electron chi connectivity index (χ1n) is 10.2. The highest BCUT2D eigenvalue weighted by Gasteiger charge is 2.18. The minimum absolute atomic E-state index is 0.00123. The second-order valence-corrected chi connectivity index (χ2v) is 7.03. The first-order valence-corrected chi connectivity index (χ1v) is 10.2. The highest BCUT2D eigenvalue weighted by molar-refractivity contribution is 5.85. The van der Waals surface area contributed by atoms with Crippen molar-refractivity contribution in [3.8, 4) is 17.2 Å². The summed E-state index contributed by atoms with van der Waals surface area (Å²) in [4.78, 5) is 27.2. The van der Waals surface area contributed by atoms with Crippen molar-refractivity contribution >= 4 is 11.7 Å². The number of non-ortho nitro benzene ring substituents is 1. The number of rotatable bonds is 8. The molecule has 0 radical (unpaired) electrons. The van der Waals surface area contributed by atoms with Crippen LogP contribution in [0.15, 0.2) is 78.9 Å². The van der Waals surface area contributed by atoms with E-state index >= 15 is 0 Å².